The Morgan fingerprint density at radius 2 is 2.29 bits per heavy atom. The molecule has 0 bridgehead atoms. The minimum atomic E-state index is -0.340. The van der Waals surface area contributed by atoms with Gasteiger partial charge in [0, 0.05) is 0 Å². The molecule has 0 aliphatic rings. The number of rotatable bonds is 2. The summed E-state index contributed by atoms with van der Waals surface area (Å²) in [6.45, 7) is 3.56. The Labute approximate surface area is 80.5 Å². The summed E-state index contributed by atoms with van der Waals surface area (Å²) in [4.78, 5) is 3.75. The predicted molar refractivity (Wildman–Crippen MR) is 51.4 cm³/mol. The fourth-order valence-corrected chi connectivity index (χ4v) is 1.17. The van der Waals surface area contributed by atoms with E-state index >= 15 is 0 Å². The molecule has 70 valence electrons. The van der Waals surface area contributed by atoms with E-state index in [4.69, 9.17) is 0 Å². The molecule has 0 saturated heterocycles. The molecule has 3 nitrogen and oxygen atoms in total. The summed E-state index contributed by atoms with van der Waals surface area (Å²) < 4.78 is 14.8. The highest BCUT2D eigenvalue weighted by Crippen LogP contribution is 2.14. The fraction of sp³-hybridized carbons (Fsp3) is 0. The molecule has 0 aliphatic carbocycles. The van der Waals surface area contributed by atoms with Gasteiger partial charge in [-0.2, -0.15) is 5.10 Å². The van der Waals surface area contributed by atoms with Crippen molar-refractivity contribution in [2.45, 2.75) is 0 Å². The van der Waals surface area contributed by atoms with E-state index in [2.05, 4.69) is 16.7 Å². The largest absolute Gasteiger partial charge is 0.223 e. The molecule has 0 amide bonds. The minimum Gasteiger partial charge on any atom is -0.223 e. The number of hydrogen-bond acceptors (Lipinski definition) is 2. The molecule has 4 heteroatoms. The highest BCUT2D eigenvalue weighted by molar-refractivity contribution is 5.50. The zero-order valence-electron chi connectivity index (χ0n) is 7.39. The molecule has 0 N–H and O–H groups in total. The lowest BCUT2D eigenvalue weighted by atomic mass is 10.2. The van der Waals surface area contributed by atoms with Gasteiger partial charge in [-0.15, -0.1) is 0 Å². The molecule has 14 heavy (non-hydrogen) atoms. The quantitative estimate of drug-likeness (QED) is 0.723. The van der Waals surface area contributed by atoms with Gasteiger partial charge in [0.2, 0.25) is 0 Å². The molecular weight excluding hydrogens is 181 g/mol. The Hall–Kier alpha value is -1.97. The molecule has 0 unspecified atom stereocenters. The number of nitrogens with zero attached hydrogens (tertiary/aromatic N) is 3. The number of halogens is 1. The Balaban J connectivity index is 2.51. The van der Waals surface area contributed by atoms with Crippen LogP contribution in [0.1, 0.15) is 5.56 Å². The summed E-state index contributed by atoms with van der Waals surface area (Å²) in [6.07, 6.45) is 4.40. The van der Waals surface area contributed by atoms with Gasteiger partial charge in [0.05, 0.1) is 0 Å². The maximum absolute atomic E-state index is 13.5. The van der Waals surface area contributed by atoms with Gasteiger partial charge < -0.3 is 0 Å². The first kappa shape index (κ1) is 8.62. The van der Waals surface area contributed by atoms with E-state index in [0.29, 0.717) is 5.69 Å². The van der Waals surface area contributed by atoms with E-state index in [9.17, 15) is 4.39 Å². The van der Waals surface area contributed by atoms with Crippen LogP contribution in [-0.2, 0) is 0 Å². The van der Waals surface area contributed by atoms with E-state index in [1.165, 1.54) is 23.4 Å². The molecule has 0 radical (unpaired) electrons. The average molecular weight is 189 g/mol. The third-order valence-corrected chi connectivity index (χ3v) is 1.87. The zero-order valence-corrected chi connectivity index (χ0v) is 7.39. The third-order valence-electron chi connectivity index (χ3n) is 1.87. The number of hydrogen-bond donors (Lipinski definition) is 0. The lowest BCUT2D eigenvalue weighted by Gasteiger charge is -2.02. The van der Waals surface area contributed by atoms with Gasteiger partial charge in [-0.3, -0.25) is 0 Å². The van der Waals surface area contributed by atoms with Crippen molar-refractivity contribution in [2.75, 3.05) is 0 Å². The van der Waals surface area contributed by atoms with Gasteiger partial charge in [-0.05, 0) is 17.7 Å². The lowest BCUT2D eigenvalue weighted by Crippen LogP contribution is -1.98. The van der Waals surface area contributed by atoms with Crippen LogP contribution in [0.4, 0.5) is 4.39 Å². The molecule has 0 fully saturated rings. The van der Waals surface area contributed by atoms with Crippen LogP contribution in [0.15, 0.2) is 37.4 Å². The zero-order chi connectivity index (χ0) is 9.97. The number of benzene rings is 1. The first-order valence-electron chi connectivity index (χ1n) is 4.08. The van der Waals surface area contributed by atoms with Crippen molar-refractivity contribution in [1.29, 1.82) is 0 Å². The molecular formula is C10H8FN3. The average Bonchev–Trinajstić information content (AvgIpc) is 2.70. The van der Waals surface area contributed by atoms with Crippen LogP contribution in [0, 0.1) is 5.82 Å². The maximum atomic E-state index is 13.5. The lowest BCUT2D eigenvalue weighted by molar-refractivity contribution is 0.610. The second-order valence-corrected chi connectivity index (χ2v) is 2.76. The summed E-state index contributed by atoms with van der Waals surface area (Å²) in [5, 5.41) is 3.84. The van der Waals surface area contributed by atoms with Crippen LogP contribution in [-0.4, -0.2) is 14.8 Å². The highest BCUT2D eigenvalue weighted by atomic mass is 19.1. The SMILES string of the molecule is C=Cc1ccc(-n2cncn2)c(F)c1. The number of aromatic nitrogens is 3. The van der Waals surface area contributed by atoms with Crippen molar-refractivity contribution in [3.8, 4) is 5.69 Å². The Morgan fingerprint density at radius 3 is 2.86 bits per heavy atom. The summed E-state index contributed by atoms with van der Waals surface area (Å²) in [5.74, 6) is -0.340. The van der Waals surface area contributed by atoms with Crippen molar-refractivity contribution in [3.05, 3.63) is 48.8 Å². The van der Waals surface area contributed by atoms with Gasteiger partial charge in [0.1, 0.15) is 24.2 Å². The summed E-state index contributed by atoms with van der Waals surface area (Å²) >= 11 is 0. The topological polar surface area (TPSA) is 30.7 Å². The van der Waals surface area contributed by atoms with Crippen LogP contribution in [0.2, 0.25) is 0 Å². The van der Waals surface area contributed by atoms with Crippen LogP contribution >= 0.6 is 0 Å². The van der Waals surface area contributed by atoms with E-state index in [1.807, 2.05) is 0 Å². The molecule has 0 aliphatic heterocycles. The van der Waals surface area contributed by atoms with Gasteiger partial charge in [0.25, 0.3) is 0 Å². The standard InChI is InChI=1S/C10H8FN3/c1-2-8-3-4-10(9(11)5-8)14-7-12-6-13-14/h2-7H,1H2. The van der Waals surface area contributed by atoms with Gasteiger partial charge in [-0.25, -0.2) is 14.1 Å². The monoisotopic (exact) mass is 189 g/mol. The third kappa shape index (κ3) is 1.42. The smallest absolute Gasteiger partial charge is 0.149 e. The van der Waals surface area contributed by atoms with E-state index in [0.717, 1.165) is 5.56 Å². The van der Waals surface area contributed by atoms with Gasteiger partial charge in [-0.1, -0.05) is 18.7 Å². The molecule has 1 aromatic heterocycles. The molecule has 1 aromatic carbocycles. The van der Waals surface area contributed by atoms with E-state index < -0.39 is 0 Å². The van der Waals surface area contributed by atoms with Crippen molar-refractivity contribution in [3.63, 3.8) is 0 Å². The van der Waals surface area contributed by atoms with Crippen LogP contribution in [0.25, 0.3) is 11.8 Å². The van der Waals surface area contributed by atoms with Crippen molar-refractivity contribution < 1.29 is 4.39 Å². The highest BCUT2D eigenvalue weighted by Gasteiger charge is 2.04. The van der Waals surface area contributed by atoms with Crippen molar-refractivity contribution in [2.24, 2.45) is 0 Å². The Bertz CT molecular complexity index is 448. The van der Waals surface area contributed by atoms with E-state index in [1.54, 1.807) is 18.2 Å². The summed E-state index contributed by atoms with van der Waals surface area (Å²) in [7, 11) is 0. The first-order valence-corrected chi connectivity index (χ1v) is 4.08. The normalized spacial score (nSPS) is 10.1. The second kappa shape index (κ2) is 3.41. The van der Waals surface area contributed by atoms with Gasteiger partial charge >= 0.3 is 0 Å². The Kier molecular flexibility index (Phi) is 2.10. The van der Waals surface area contributed by atoms with Crippen LogP contribution in [0.3, 0.4) is 0 Å². The van der Waals surface area contributed by atoms with Crippen molar-refractivity contribution >= 4 is 6.08 Å². The first-order chi connectivity index (χ1) is 6.81. The van der Waals surface area contributed by atoms with Crippen LogP contribution in [0.5, 0.6) is 0 Å². The molecule has 1 heterocycles. The fourth-order valence-electron chi connectivity index (χ4n) is 1.17. The molecule has 0 atom stereocenters. The molecule has 0 spiro atoms. The molecule has 2 aromatic rings. The summed E-state index contributed by atoms with van der Waals surface area (Å²) in [5.41, 5.74) is 1.12. The maximum Gasteiger partial charge on any atom is 0.149 e. The second-order valence-electron chi connectivity index (χ2n) is 2.76. The van der Waals surface area contributed by atoms with Crippen LogP contribution < -0.4 is 0 Å². The Morgan fingerprint density at radius 1 is 1.43 bits per heavy atom. The summed E-state index contributed by atoms with van der Waals surface area (Å²) in [6, 6.07) is 4.82. The van der Waals surface area contributed by atoms with Crippen molar-refractivity contribution in [1.82, 2.24) is 14.8 Å². The molecule has 0 saturated carbocycles. The predicted octanol–water partition coefficient (Wildman–Crippen LogP) is 2.05. The minimum absolute atomic E-state index is 0.340. The molecule has 2 rings (SSSR count). The van der Waals surface area contributed by atoms with Gasteiger partial charge in [0.15, 0.2) is 0 Å². The van der Waals surface area contributed by atoms with E-state index in [-0.39, 0.29) is 5.82 Å².